The molecule has 1 radical (unpaired) electrons. The molecule has 0 aromatic carbocycles. The van der Waals surface area contributed by atoms with E-state index in [2.05, 4.69) is 33.0 Å². The maximum absolute atomic E-state index is 4.95. The van der Waals surface area contributed by atoms with Crippen LogP contribution in [0.4, 0.5) is 0 Å². The van der Waals surface area contributed by atoms with Crippen molar-refractivity contribution in [1.29, 1.82) is 0 Å². The molecular weight excluding hydrogens is 220 g/mol. The molecule has 91 valence electrons. The van der Waals surface area contributed by atoms with Gasteiger partial charge in [0.1, 0.15) is 0 Å². The summed E-state index contributed by atoms with van der Waals surface area (Å²) in [5, 5.41) is 18.4. The molecule has 1 saturated heterocycles. The Labute approximate surface area is 99.2 Å². The molecule has 7 heteroatoms. The van der Waals surface area contributed by atoms with Crippen LogP contribution in [0.5, 0.6) is 0 Å². The second kappa shape index (κ2) is 4.33. The number of piperidine rings is 1. The van der Waals surface area contributed by atoms with E-state index >= 15 is 0 Å². The number of rotatable bonds is 2. The lowest BCUT2D eigenvalue weighted by molar-refractivity contribution is 0.106. The molecule has 0 amide bonds. The van der Waals surface area contributed by atoms with E-state index in [1.165, 1.54) is 0 Å². The van der Waals surface area contributed by atoms with E-state index in [1.807, 2.05) is 10.9 Å². The third-order valence-corrected chi connectivity index (χ3v) is 3.00. The molecule has 2 aliphatic heterocycles. The highest BCUT2D eigenvalue weighted by molar-refractivity contribution is 5.97. The van der Waals surface area contributed by atoms with E-state index in [9.17, 15) is 0 Å². The molecule has 1 aromatic heterocycles. The van der Waals surface area contributed by atoms with Gasteiger partial charge in [0.25, 0.3) is 0 Å². The van der Waals surface area contributed by atoms with E-state index in [4.69, 9.17) is 4.84 Å². The van der Waals surface area contributed by atoms with Gasteiger partial charge in [0, 0.05) is 6.92 Å². The maximum atomic E-state index is 4.95. The first-order valence-electron chi connectivity index (χ1n) is 5.79. The zero-order valence-corrected chi connectivity index (χ0v) is 9.46. The highest BCUT2D eigenvalue weighted by atomic mass is 16.7. The van der Waals surface area contributed by atoms with E-state index in [1.54, 1.807) is 0 Å². The van der Waals surface area contributed by atoms with Crippen molar-refractivity contribution in [3.05, 3.63) is 18.8 Å². The molecule has 3 heterocycles. The Morgan fingerprint density at radius 1 is 1.41 bits per heavy atom. The lowest BCUT2D eigenvalue weighted by Gasteiger charge is -2.22. The minimum absolute atomic E-state index is 0.339. The number of nitrogens with one attached hydrogen (secondary N) is 2. The lowest BCUT2D eigenvalue weighted by Crippen LogP contribution is -2.29. The first-order chi connectivity index (χ1) is 8.33. The van der Waals surface area contributed by atoms with Crippen LogP contribution in [0.25, 0.3) is 0 Å². The van der Waals surface area contributed by atoms with Gasteiger partial charge in [0.15, 0.2) is 17.8 Å². The van der Waals surface area contributed by atoms with Gasteiger partial charge in [0.2, 0.25) is 0 Å². The van der Waals surface area contributed by atoms with Crippen LogP contribution in [0.3, 0.4) is 0 Å². The van der Waals surface area contributed by atoms with E-state index in [0.717, 1.165) is 25.9 Å². The van der Waals surface area contributed by atoms with Crippen molar-refractivity contribution < 1.29 is 4.84 Å². The molecule has 2 aliphatic rings. The number of hydrogen-bond donors (Lipinski definition) is 2. The average Bonchev–Trinajstić information content (AvgIpc) is 2.98. The molecule has 1 aromatic rings. The summed E-state index contributed by atoms with van der Waals surface area (Å²) in [6, 6.07) is 0.427. The van der Waals surface area contributed by atoms with Gasteiger partial charge in [-0.25, -0.2) is 4.68 Å². The predicted octanol–water partition coefficient (Wildman–Crippen LogP) is -0.356. The van der Waals surface area contributed by atoms with E-state index < -0.39 is 0 Å². The van der Waals surface area contributed by atoms with Crippen molar-refractivity contribution in [2.75, 3.05) is 13.1 Å². The van der Waals surface area contributed by atoms with Crippen molar-refractivity contribution in [3.8, 4) is 0 Å². The van der Waals surface area contributed by atoms with Crippen LogP contribution >= 0.6 is 0 Å². The van der Waals surface area contributed by atoms with Gasteiger partial charge in [0.05, 0.1) is 12.2 Å². The summed E-state index contributed by atoms with van der Waals surface area (Å²) in [5.41, 5.74) is 0.703. The van der Waals surface area contributed by atoms with Crippen molar-refractivity contribution in [3.63, 3.8) is 0 Å². The molecular formula is C10H15N6O. The molecule has 1 atom stereocenters. The summed E-state index contributed by atoms with van der Waals surface area (Å²) in [7, 11) is 0. The standard InChI is InChI=1S/C10H15N6O/c1-7-12-10(14-17-7)9-6-16(15-13-9)8-2-4-11-5-3-8/h6-8,11H,1-5H2,(H,12,14). The normalized spacial score (nSPS) is 25.2. The zero-order chi connectivity index (χ0) is 11.7. The molecule has 1 fully saturated rings. The number of oxime groups is 1. The second-order valence-electron chi connectivity index (χ2n) is 4.24. The zero-order valence-electron chi connectivity index (χ0n) is 9.46. The van der Waals surface area contributed by atoms with Gasteiger partial charge in [-0.3, -0.25) is 0 Å². The number of hydrogen-bond acceptors (Lipinski definition) is 6. The Balaban J connectivity index is 1.73. The van der Waals surface area contributed by atoms with Gasteiger partial charge in [-0.05, 0) is 25.9 Å². The molecule has 0 saturated carbocycles. The van der Waals surface area contributed by atoms with Crippen LogP contribution in [0, 0.1) is 6.92 Å². The maximum Gasteiger partial charge on any atom is 0.199 e. The Kier molecular flexibility index (Phi) is 2.68. The average molecular weight is 235 g/mol. The summed E-state index contributed by atoms with van der Waals surface area (Å²) in [6.45, 7) is 5.76. The summed E-state index contributed by atoms with van der Waals surface area (Å²) in [4.78, 5) is 4.95. The van der Waals surface area contributed by atoms with E-state index in [-0.39, 0.29) is 6.23 Å². The van der Waals surface area contributed by atoms with Crippen molar-refractivity contribution >= 4 is 5.84 Å². The quantitative estimate of drug-likeness (QED) is 0.732. The molecule has 0 bridgehead atoms. The Morgan fingerprint density at radius 3 is 2.94 bits per heavy atom. The number of aromatic nitrogens is 3. The molecule has 7 nitrogen and oxygen atoms in total. The minimum Gasteiger partial charge on any atom is -0.369 e. The van der Waals surface area contributed by atoms with Crippen molar-refractivity contribution in [1.82, 2.24) is 25.6 Å². The van der Waals surface area contributed by atoms with Crippen molar-refractivity contribution in [2.45, 2.75) is 25.1 Å². The van der Waals surface area contributed by atoms with Gasteiger partial charge < -0.3 is 15.5 Å². The highest BCUT2D eigenvalue weighted by Gasteiger charge is 2.21. The van der Waals surface area contributed by atoms with Crippen LogP contribution in [0.2, 0.25) is 0 Å². The summed E-state index contributed by atoms with van der Waals surface area (Å²) < 4.78 is 1.91. The summed E-state index contributed by atoms with van der Waals surface area (Å²) >= 11 is 0. The molecule has 0 spiro atoms. The molecule has 1 unspecified atom stereocenters. The third kappa shape index (κ3) is 2.10. The van der Waals surface area contributed by atoms with Crippen molar-refractivity contribution in [2.24, 2.45) is 5.16 Å². The van der Waals surface area contributed by atoms with Gasteiger partial charge in [-0.2, -0.15) is 0 Å². The predicted molar refractivity (Wildman–Crippen MR) is 61.1 cm³/mol. The van der Waals surface area contributed by atoms with Crippen LogP contribution in [0.15, 0.2) is 11.4 Å². The monoisotopic (exact) mass is 235 g/mol. The number of amidine groups is 1. The summed E-state index contributed by atoms with van der Waals surface area (Å²) in [5.74, 6) is 0.602. The van der Waals surface area contributed by atoms with Crippen LogP contribution in [0.1, 0.15) is 24.6 Å². The molecule has 0 aliphatic carbocycles. The molecule has 2 N–H and O–H groups in total. The lowest BCUT2D eigenvalue weighted by atomic mass is 10.1. The highest BCUT2D eigenvalue weighted by Crippen LogP contribution is 2.17. The third-order valence-electron chi connectivity index (χ3n) is 3.00. The smallest absolute Gasteiger partial charge is 0.199 e. The number of nitrogens with zero attached hydrogens (tertiary/aromatic N) is 4. The van der Waals surface area contributed by atoms with E-state index in [0.29, 0.717) is 17.6 Å². The fraction of sp³-hybridized carbons (Fsp3) is 0.600. The summed E-state index contributed by atoms with van der Waals surface area (Å²) in [6.07, 6.45) is 3.73. The van der Waals surface area contributed by atoms with Crippen LogP contribution in [-0.2, 0) is 4.84 Å². The largest absolute Gasteiger partial charge is 0.369 e. The Hall–Kier alpha value is -1.63. The minimum atomic E-state index is -0.339. The second-order valence-corrected chi connectivity index (χ2v) is 4.24. The molecule has 17 heavy (non-hydrogen) atoms. The van der Waals surface area contributed by atoms with Crippen LogP contribution in [-0.4, -0.2) is 40.1 Å². The van der Waals surface area contributed by atoms with Gasteiger partial charge >= 0.3 is 0 Å². The SMILES string of the molecule is [CH2]C1NC(c2cn(C3CCNCC3)nn2)=NO1. The van der Waals surface area contributed by atoms with Gasteiger partial charge in [-0.15, -0.1) is 5.10 Å². The Morgan fingerprint density at radius 2 is 2.24 bits per heavy atom. The first kappa shape index (κ1) is 10.5. The van der Waals surface area contributed by atoms with Crippen LogP contribution < -0.4 is 10.6 Å². The Bertz CT molecular complexity index is 422. The topological polar surface area (TPSA) is 76.4 Å². The fourth-order valence-electron chi connectivity index (χ4n) is 2.08. The van der Waals surface area contributed by atoms with Gasteiger partial charge in [-0.1, -0.05) is 10.4 Å². The fourth-order valence-corrected chi connectivity index (χ4v) is 2.08. The molecule has 3 rings (SSSR count). The first-order valence-corrected chi connectivity index (χ1v) is 5.79.